The maximum Gasteiger partial charge on any atom is 0.252 e. The first-order valence-electron chi connectivity index (χ1n) is 6.97. The lowest BCUT2D eigenvalue weighted by molar-refractivity contribution is -0.0689. The number of hydrogen-bond acceptors (Lipinski definition) is 2. The number of rotatable bonds is 2. The summed E-state index contributed by atoms with van der Waals surface area (Å²) in [5, 5.41) is 14.8. The van der Waals surface area contributed by atoms with Gasteiger partial charge in [0, 0.05) is 17.0 Å². The normalized spacial score (nSPS) is 24.1. The van der Waals surface area contributed by atoms with Crippen LogP contribution in [0, 0.1) is 5.41 Å². The monoisotopic (exact) mass is 269 g/mol. The van der Waals surface area contributed by atoms with Crippen LogP contribution in [0.1, 0.15) is 30.6 Å². The van der Waals surface area contributed by atoms with Crippen LogP contribution in [0.25, 0.3) is 10.8 Å². The highest BCUT2D eigenvalue weighted by molar-refractivity contribution is 6.07. The minimum Gasteiger partial charge on any atom is -0.392 e. The van der Waals surface area contributed by atoms with E-state index in [-0.39, 0.29) is 23.5 Å². The molecular weight excluding hydrogens is 250 g/mol. The van der Waals surface area contributed by atoms with Gasteiger partial charge in [-0.1, -0.05) is 50.2 Å². The maximum absolute atomic E-state index is 12.5. The van der Waals surface area contributed by atoms with Gasteiger partial charge in [0.15, 0.2) is 0 Å². The van der Waals surface area contributed by atoms with E-state index in [1.165, 1.54) is 0 Å². The van der Waals surface area contributed by atoms with Gasteiger partial charge >= 0.3 is 0 Å². The Bertz CT molecular complexity index is 658. The lowest BCUT2D eigenvalue weighted by Crippen LogP contribution is -2.61. The molecule has 3 heteroatoms. The Kier molecular flexibility index (Phi) is 3.02. The fourth-order valence-electron chi connectivity index (χ4n) is 2.81. The first-order chi connectivity index (χ1) is 9.50. The number of carbonyl (C=O) groups excluding carboxylic acids is 1. The molecule has 20 heavy (non-hydrogen) atoms. The molecule has 1 fully saturated rings. The lowest BCUT2D eigenvalue weighted by atomic mass is 9.64. The number of fused-ring (bicyclic) bond motifs is 1. The fourth-order valence-corrected chi connectivity index (χ4v) is 2.81. The highest BCUT2D eigenvalue weighted by Gasteiger charge is 2.48. The first-order valence-corrected chi connectivity index (χ1v) is 6.97. The molecule has 2 N–H and O–H groups in total. The van der Waals surface area contributed by atoms with Crippen LogP contribution in [-0.4, -0.2) is 23.2 Å². The number of carbonyl (C=O) groups is 1. The summed E-state index contributed by atoms with van der Waals surface area (Å²) in [4.78, 5) is 12.5. The number of benzene rings is 2. The van der Waals surface area contributed by atoms with Crippen LogP contribution in [0.2, 0.25) is 0 Å². The van der Waals surface area contributed by atoms with Crippen molar-refractivity contribution in [2.24, 2.45) is 5.41 Å². The molecule has 2 unspecified atom stereocenters. The van der Waals surface area contributed by atoms with Crippen LogP contribution in [0.4, 0.5) is 0 Å². The van der Waals surface area contributed by atoms with E-state index in [0.29, 0.717) is 12.0 Å². The molecule has 0 heterocycles. The van der Waals surface area contributed by atoms with Crippen molar-refractivity contribution in [3.63, 3.8) is 0 Å². The molecule has 2 atom stereocenters. The van der Waals surface area contributed by atoms with E-state index in [4.69, 9.17) is 0 Å². The van der Waals surface area contributed by atoms with Crippen molar-refractivity contribution in [3.05, 3.63) is 48.0 Å². The molecule has 0 radical (unpaired) electrons. The molecule has 0 saturated heterocycles. The predicted molar refractivity (Wildman–Crippen MR) is 79.6 cm³/mol. The molecule has 2 aromatic rings. The Hall–Kier alpha value is -1.87. The molecule has 0 aliphatic heterocycles. The summed E-state index contributed by atoms with van der Waals surface area (Å²) in [6.07, 6.45) is 0.295. The maximum atomic E-state index is 12.5. The average molecular weight is 269 g/mol. The molecule has 1 amide bonds. The number of aliphatic hydroxyl groups excluding tert-OH is 1. The Labute approximate surface area is 118 Å². The first kappa shape index (κ1) is 13.1. The number of amides is 1. The zero-order valence-electron chi connectivity index (χ0n) is 11.8. The van der Waals surface area contributed by atoms with Gasteiger partial charge < -0.3 is 10.4 Å². The van der Waals surface area contributed by atoms with Gasteiger partial charge in [0.2, 0.25) is 0 Å². The molecule has 0 spiro atoms. The van der Waals surface area contributed by atoms with E-state index < -0.39 is 0 Å². The van der Waals surface area contributed by atoms with Crippen molar-refractivity contribution in [1.82, 2.24) is 5.32 Å². The second-order valence-electron chi connectivity index (χ2n) is 6.13. The van der Waals surface area contributed by atoms with Crippen LogP contribution < -0.4 is 5.32 Å². The van der Waals surface area contributed by atoms with Crippen LogP contribution in [0.3, 0.4) is 0 Å². The van der Waals surface area contributed by atoms with E-state index >= 15 is 0 Å². The third kappa shape index (κ3) is 1.98. The molecule has 3 nitrogen and oxygen atoms in total. The number of hydrogen-bond donors (Lipinski definition) is 2. The van der Waals surface area contributed by atoms with Crippen LogP contribution in [0.5, 0.6) is 0 Å². The van der Waals surface area contributed by atoms with E-state index in [9.17, 15) is 9.90 Å². The van der Waals surface area contributed by atoms with Crippen LogP contribution in [0.15, 0.2) is 42.5 Å². The summed E-state index contributed by atoms with van der Waals surface area (Å²) in [6, 6.07) is 13.7. The van der Waals surface area contributed by atoms with Gasteiger partial charge in [-0.3, -0.25) is 4.79 Å². The quantitative estimate of drug-likeness (QED) is 0.880. The molecule has 1 aliphatic rings. The largest absolute Gasteiger partial charge is 0.392 e. The van der Waals surface area contributed by atoms with Crippen molar-refractivity contribution in [2.75, 3.05) is 0 Å². The molecule has 104 valence electrons. The van der Waals surface area contributed by atoms with E-state index in [2.05, 4.69) is 5.32 Å². The standard InChI is InChI=1S/C17H19NO2/c1-17(2)14(10-15(17)19)18-16(20)13-9-5-7-11-6-3-4-8-12(11)13/h3-9,14-15,19H,10H2,1-2H3,(H,18,20). The summed E-state index contributed by atoms with van der Waals surface area (Å²) in [5.74, 6) is -0.0632. The average Bonchev–Trinajstić information content (AvgIpc) is 2.46. The SMILES string of the molecule is CC1(C)C(O)CC1NC(=O)c1cccc2ccccc12. The van der Waals surface area contributed by atoms with E-state index in [1.54, 1.807) is 0 Å². The van der Waals surface area contributed by atoms with Gasteiger partial charge in [0.25, 0.3) is 5.91 Å². The summed E-state index contributed by atoms with van der Waals surface area (Å²) >= 11 is 0. The van der Waals surface area contributed by atoms with Crippen molar-refractivity contribution >= 4 is 16.7 Å². The van der Waals surface area contributed by atoms with Crippen molar-refractivity contribution in [1.29, 1.82) is 0 Å². The topological polar surface area (TPSA) is 49.3 Å². The zero-order valence-corrected chi connectivity index (χ0v) is 11.8. The molecule has 1 aliphatic carbocycles. The van der Waals surface area contributed by atoms with E-state index in [1.807, 2.05) is 56.3 Å². The van der Waals surface area contributed by atoms with Gasteiger partial charge in [-0.15, -0.1) is 0 Å². The van der Waals surface area contributed by atoms with Gasteiger partial charge in [-0.05, 0) is 23.3 Å². The third-order valence-electron chi connectivity index (χ3n) is 4.56. The highest BCUT2D eigenvalue weighted by Crippen LogP contribution is 2.40. The third-order valence-corrected chi connectivity index (χ3v) is 4.56. The summed E-state index contributed by atoms with van der Waals surface area (Å²) in [5.41, 5.74) is 0.445. The molecule has 2 aromatic carbocycles. The highest BCUT2D eigenvalue weighted by atomic mass is 16.3. The second kappa shape index (κ2) is 4.60. The molecular formula is C17H19NO2. The van der Waals surface area contributed by atoms with E-state index in [0.717, 1.165) is 10.8 Å². The van der Waals surface area contributed by atoms with Gasteiger partial charge in [0.05, 0.1) is 6.10 Å². The zero-order chi connectivity index (χ0) is 14.3. The molecule has 1 saturated carbocycles. The van der Waals surface area contributed by atoms with Crippen molar-refractivity contribution in [2.45, 2.75) is 32.4 Å². The van der Waals surface area contributed by atoms with Crippen LogP contribution >= 0.6 is 0 Å². The fraction of sp³-hybridized carbons (Fsp3) is 0.353. The molecule has 0 aromatic heterocycles. The predicted octanol–water partition coefficient (Wildman–Crippen LogP) is 2.73. The van der Waals surface area contributed by atoms with Crippen molar-refractivity contribution < 1.29 is 9.90 Å². The van der Waals surface area contributed by atoms with Gasteiger partial charge in [-0.25, -0.2) is 0 Å². The van der Waals surface area contributed by atoms with Gasteiger partial charge in [-0.2, -0.15) is 0 Å². The molecule has 0 bridgehead atoms. The van der Waals surface area contributed by atoms with Gasteiger partial charge in [0.1, 0.15) is 0 Å². The Morgan fingerprint density at radius 1 is 1.20 bits per heavy atom. The van der Waals surface area contributed by atoms with Crippen molar-refractivity contribution in [3.8, 4) is 0 Å². The van der Waals surface area contributed by atoms with Crippen LogP contribution in [-0.2, 0) is 0 Å². The Morgan fingerprint density at radius 2 is 1.90 bits per heavy atom. The number of aliphatic hydroxyl groups is 1. The smallest absolute Gasteiger partial charge is 0.252 e. The molecule has 3 rings (SSSR count). The minimum atomic E-state index is -0.333. The number of nitrogens with one attached hydrogen (secondary N) is 1. The summed E-state index contributed by atoms with van der Waals surface area (Å²) in [6.45, 7) is 3.96. The lowest BCUT2D eigenvalue weighted by Gasteiger charge is -2.49. The minimum absolute atomic E-state index is 0.0315. The Balaban J connectivity index is 1.87. The second-order valence-corrected chi connectivity index (χ2v) is 6.13. The summed E-state index contributed by atoms with van der Waals surface area (Å²) < 4.78 is 0. The Morgan fingerprint density at radius 3 is 2.60 bits per heavy atom. The summed E-state index contributed by atoms with van der Waals surface area (Å²) in [7, 11) is 0.